The minimum atomic E-state index is 0.164. The third-order valence-corrected chi connectivity index (χ3v) is 4.02. The lowest BCUT2D eigenvalue weighted by Crippen LogP contribution is -2.28. The quantitative estimate of drug-likeness (QED) is 0.870. The van der Waals surface area contributed by atoms with Crippen LogP contribution >= 0.6 is 0 Å². The van der Waals surface area contributed by atoms with E-state index in [0.29, 0.717) is 11.8 Å². The summed E-state index contributed by atoms with van der Waals surface area (Å²) in [5.41, 5.74) is 2.99. The number of nitrogens with one attached hydrogen (secondary N) is 1. The second kappa shape index (κ2) is 5.01. The summed E-state index contributed by atoms with van der Waals surface area (Å²) in [6.07, 6.45) is 0. The van der Waals surface area contributed by atoms with Gasteiger partial charge in [-0.05, 0) is 42.5 Å². The fraction of sp³-hybridized carbons (Fsp3) is 0.533. The van der Waals surface area contributed by atoms with Crippen LogP contribution in [0, 0.1) is 18.8 Å². The molecule has 0 saturated carbocycles. The van der Waals surface area contributed by atoms with Gasteiger partial charge in [0.15, 0.2) is 0 Å². The van der Waals surface area contributed by atoms with Crippen LogP contribution in [0.3, 0.4) is 0 Å². The second-order valence-corrected chi connectivity index (χ2v) is 5.44. The van der Waals surface area contributed by atoms with E-state index in [0.717, 1.165) is 29.9 Å². The van der Waals surface area contributed by atoms with Crippen LogP contribution in [0.5, 0.6) is 0 Å². The van der Waals surface area contributed by atoms with Crippen molar-refractivity contribution in [3.05, 3.63) is 29.3 Å². The Bertz CT molecular complexity index is 446. The van der Waals surface area contributed by atoms with Gasteiger partial charge in [-0.1, -0.05) is 13.8 Å². The Balaban J connectivity index is 2.17. The summed E-state index contributed by atoms with van der Waals surface area (Å²) < 4.78 is 0. The SMILES string of the molecule is CNc1ccc(C(=O)N2CC(C)C(C)C2)cc1C. The average Bonchev–Trinajstić information content (AvgIpc) is 2.68. The predicted molar refractivity (Wildman–Crippen MR) is 75.0 cm³/mol. The summed E-state index contributed by atoms with van der Waals surface area (Å²) in [5.74, 6) is 1.37. The Kier molecular flexibility index (Phi) is 3.60. The molecule has 1 heterocycles. The van der Waals surface area contributed by atoms with E-state index in [1.807, 2.05) is 37.1 Å². The van der Waals surface area contributed by atoms with E-state index in [9.17, 15) is 4.79 Å². The van der Waals surface area contributed by atoms with Crippen molar-refractivity contribution in [2.45, 2.75) is 20.8 Å². The van der Waals surface area contributed by atoms with Crippen LogP contribution in [0.25, 0.3) is 0 Å². The topological polar surface area (TPSA) is 32.3 Å². The smallest absolute Gasteiger partial charge is 0.253 e. The minimum Gasteiger partial charge on any atom is -0.388 e. The number of nitrogens with zero attached hydrogens (tertiary/aromatic N) is 1. The maximum Gasteiger partial charge on any atom is 0.253 e. The number of hydrogen-bond donors (Lipinski definition) is 1. The number of hydrogen-bond acceptors (Lipinski definition) is 2. The maximum absolute atomic E-state index is 12.4. The van der Waals surface area contributed by atoms with Crippen LogP contribution in [0.4, 0.5) is 5.69 Å². The van der Waals surface area contributed by atoms with E-state index in [1.54, 1.807) is 0 Å². The first-order valence-electron chi connectivity index (χ1n) is 6.60. The van der Waals surface area contributed by atoms with Gasteiger partial charge in [0.05, 0.1) is 0 Å². The van der Waals surface area contributed by atoms with Gasteiger partial charge >= 0.3 is 0 Å². The Morgan fingerprint density at radius 2 is 1.89 bits per heavy atom. The molecule has 0 aromatic heterocycles. The lowest BCUT2D eigenvalue weighted by molar-refractivity contribution is 0.0785. The number of carbonyl (C=O) groups excluding carboxylic acids is 1. The van der Waals surface area contributed by atoms with Gasteiger partial charge in [-0.3, -0.25) is 4.79 Å². The highest BCUT2D eigenvalue weighted by Crippen LogP contribution is 2.24. The van der Waals surface area contributed by atoms with Gasteiger partial charge in [-0.15, -0.1) is 0 Å². The molecule has 0 aliphatic carbocycles. The number of benzene rings is 1. The monoisotopic (exact) mass is 246 g/mol. The van der Waals surface area contributed by atoms with E-state index >= 15 is 0 Å². The lowest BCUT2D eigenvalue weighted by atomic mass is 10.0. The molecule has 2 unspecified atom stereocenters. The first kappa shape index (κ1) is 12.9. The number of rotatable bonds is 2. The van der Waals surface area contributed by atoms with E-state index in [-0.39, 0.29) is 5.91 Å². The summed E-state index contributed by atoms with van der Waals surface area (Å²) >= 11 is 0. The largest absolute Gasteiger partial charge is 0.388 e. The second-order valence-electron chi connectivity index (χ2n) is 5.44. The highest BCUT2D eigenvalue weighted by atomic mass is 16.2. The van der Waals surface area contributed by atoms with Crippen molar-refractivity contribution in [2.75, 3.05) is 25.5 Å². The third-order valence-electron chi connectivity index (χ3n) is 4.02. The van der Waals surface area contributed by atoms with Gasteiger partial charge in [0.25, 0.3) is 5.91 Å². The van der Waals surface area contributed by atoms with Crippen molar-refractivity contribution < 1.29 is 4.79 Å². The van der Waals surface area contributed by atoms with Crippen molar-refractivity contribution in [1.29, 1.82) is 0 Å². The van der Waals surface area contributed by atoms with E-state index in [2.05, 4.69) is 19.2 Å². The summed E-state index contributed by atoms with van der Waals surface area (Å²) in [5, 5.41) is 3.12. The highest BCUT2D eigenvalue weighted by molar-refractivity contribution is 5.95. The molecule has 1 aromatic carbocycles. The summed E-state index contributed by atoms with van der Waals surface area (Å²) in [6, 6.07) is 5.86. The van der Waals surface area contributed by atoms with Crippen molar-refractivity contribution in [3.8, 4) is 0 Å². The molecule has 0 radical (unpaired) electrons. The zero-order valence-corrected chi connectivity index (χ0v) is 11.7. The Labute approximate surface area is 109 Å². The minimum absolute atomic E-state index is 0.164. The first-order valence-corrected chi connectivity index (χ1v) is 6.60. The number of amides is 1. The molecule has 0 bridgehead atoms. The molecule has 1 fully saturated rings. The molecular formula is C15H22N2O. The molecule has 1 aliphatic heterocycles. The standard InChI is InChI=1S/C15H22N2O/c1-10-7-13(5-6-14(10)16-4)15(18)17-8-11(2)12(3)9-17/h5-7,11-12,16H,8-9H2,1-4H3. The summed E-state index contributed by atoms with van der Waals surface area (Å²) in [6.45, 7) is 8.22. The zero-order chi connectivity index (χ0) is 13.3. The van der Waals surface area contributed by atoms with Gasteiger partial charge < -0.3 is 10.2 Å². The van der Waals surface area contributed by atoms with Gasteiger partial charge in [0.1, 0.15) is 0 Å². The van der Waals surface area contributed by atoms with Gasteiger partial charge in [-0.25, -0.2) is 0 Å². The molecule has 1 N–H and O–H groups in total. The Morgan fingerprint density at radius 1 is 1.28 bits per heavy atom. The van der Waals surface area contributed by atoms with Crippen LogP contribution in [-0.2, 0) is 0 Å². The van der Waals surface area contributed by atoms with Crippen LogP contribution in [-0.4, -0.2) is 30.9 Å². The molecule has 1 saturated heterocycles. The van der Waals surface area contributed by atoms with Gasteiger partial charge in [-0.2, -0.15) is 0 Å². The number of likely N-dealkylation sites (tertiary alicyclic amines) is 1. The van der Waals surface area contributed by atoms with Gasteiger partial charge in [0, 0.05) is 31.4 Å². The van der Waals surface area contributed by atoms with E-state index < -0.39 is 0 Å². The van der Waals surface area contributed by atoms with E-state index in [4.69, 9.17) is 0 Å². The molecule has 3 heteroatoms. The molecule has 18 heavy (non-hydrogen) atoms. The third kappa shape index (κ3) is 2.35. The van der Waals surface area contributed by atoms with Crippen LogP contribution in [0.1, 0.15) is 29.8 Å². The molecule has 98 valence electrons. The molecule has 2 rings (SSSR count). The molecule has 1 amide bonds. The van der Waals surface area contributed by atoms with Crippen molar-refractivity contribution >= 4 is 11.6 Å². The fourth-order valence-electron chi connectivity index (χ4n) is 2.56. The van der Waals surface area contributed by atoms with Crippen molar-refractivity contribution in [1.82, 2.24) is 4.90 Å². The predicted octanol–water partition coefficient (Wildman–Crippen LogP) is 2.76. The van der Waals surface area contributed by atoms with Crippen molar-refractivity contribution in [3.63, 3.8) is 0 Å². The Hall–Kier alpha value is -1.51. The molecular weight excluding hydrogens is 224 g/mol. The molecule has 3 nitrogen and oxygen atoms in total. The zero-order valence-electron chi connectivity index (χ0n) is 11.7. The van der Waals surface area contributed by atoms with Crippen LogP contribution in [0.2, 0.25) is 0 Å². The van der Waals surface area contributed by atoms with Crippen molar-refractivity contribution in [2.24, 2.45) is 11.8 Å². The number of carbonyl (C=O) groups is 1. The van der Waals surface area contributed by atoms with Crippen LogP contribution < -0.4 is 5.32 Å². The summed E-state index contributed by atoms with van der Waals surface area (Å²) in [4.78, 5) is 14.4. The van der Waals surface area contributed by atoms with E-state index in [1.165, 1.54) is 0 Å². The maximum atomic E-state index is 12.4. The number of anilines is 1. The molecule has 2 atom stereocenters. The normalized spacial score (nSPS) is 23.2. The average molecular weight is 246 g/mol. The first-order chi connectivity index (χ1) is 8.52. The summed E-state index contributed by atoms with van der Waals surface area (Å²) in [7, 11) is 1.90. The number of aryl methyl sites for hydroxylation is 1. The lowest BCUT2D eigenvalue weighted by Gasteiger charge is -2.17. The molecule has 1 aliphatic rings. The molecule has 1 aromatic rings. The fourth-order valence-corrected chi connectivity index (χ4v) is 2.56. The highest BCUT2D eigenvalue weighted by Gasteiger charge is 2.29. The molecule has 0 spiro atoms. The Morgan fingerprint density at radius 3 is 2.39 bits per heavy atom. The van der Waals surface area contributed by atoms with Gasteiger partial charge in [0.2, 0.25) is 0 Å². The van der Waals surface area contributed by atoms with Crippen LogP contribution in [0.15, 0.2) is 18.2 Å².